The highest BCUT2D eigenvalue weighted by molar-refractivity contribution is 5.30. The van der Waals surface area contributed by atoms with Crippen LogP contribution in [0.5, 0.6) is 0 Å². The average Bonchev–Trinajstić information content (AvgIpc) is 3.18. The van der Waals surface area contributed by atoms with Gasteiger partial charge in [0, 0.05) is 49.4 Å². The summed E-state index contributed by atoms with van der Waals surface area (Å²) < 4.78 is 2.19. The minimum absolute atomic E-state index is 0.281. The largest absolute Gasteiger partial charge is 0.310 e. The number of aromatic nitrogens is 1. The van der Waals surface area contributed by atoms with Crippen LogP contribution in [0.3, 0.4) is 0 Å². The minimum Gasteiger partial charge on any atom is -0.310 e. The quantitative estimate of drug-likeness (QED) is 0.926. The molecule has 0 unspecified atom stereocenters. The zero-order valence-electron chi connectivity index (χ0n) is 13.6. The molecule has 2 fully saturated rings. The average molecular weight is 301 g/mol. The molecule has 2 heterocycles. The molecule has 3 aliphatic rings. The zero-order valence-corrected chi connectivity index (χ0v) is 13.6. The molecule has 4 rings (SSSR count). The second-order valence-electron chi connectivity index (χ2n) is 7.40. The lowest BCUT2D eigenvalue weighted by molar-refractivity contribution is 0.299. The number of hydrogen-bond donors (Lipinski definition) is 1. The number of rotatable bonds is 4. The van der Waals surface area contributed by atoms with E-state index in [9.17, 15) is 4.79 Å². The first-order chi connectivity index (χ1) is 10.7. The van der Waals surface area contributed by atoms with Gasteiger partial charge in [-0.2, -0.15) is 0 Å². The third kappa shape index (κ3) is 2.74. The van der Waals surface area contributed by atoms with E-state index in [1.165, 1.54) is 49.8 Å². The van der Waals surface area contributed by atoms with E-state index in [0.717, 1.165) is 31.6 Å². The van der Waals surface area contributed by atoms with Crippen molar-refractivity contribution in [2.24, 2.45) is 0 Å². The first-order valence-electron chi connectivity index (χ1n) is 8.90. The van der Waals surface area contributed by atoms with E-state index in [2.05, 4.69) is 27.9 Å². The molecule has 0 aromatic carbocycles. The summed E-state index contributed by atoms with van der Waals surface area (Å²) in [7, 11) is 2.18. The van der Waals surface area contributed by atoms with Gasteiger partial charge in [0.1, 0.15) is 0 Å². The highest BCUT2D eigenvalue weighted by Crippen LogP contribution is 2.31. The highest BCUT2D eigenvalue weighted by atomic mass is 16.1. The van der Waals surface area contributed by atoms with E-state index in [1.54, 1.807) is 0 Å². The summed E-state index contributed by atoms with van der Waals surface area (Å²) in [6.45, 7) is 2.80. The second-order valence-corrected chi connectivity index (χ2v) is 7.40. The Hall–Kier alpha value is -1.13. The van der Waals surface area contributed by atoms with Gasteiger partial charge in [-0.25, -0.2) is 0 Å². The van der Waals surface area contributed by atoms with Crippen molar-refractivity contribution in [3.05, 3.63) is 33.2 Å². The molecule has 0 atom stereocenters. The fourth-order valence-corrected chi connectivity index (χ4v) is 4.09. The molecule has 2 saturated carbocycles. The zero-order chi connectivity index (χ0) is 15.1. The van der Waals surface area contributed by atoms with Crippen LogP contribution in [0, 0.1) is 0 Å². The summed E-state index contributed by atoms with van der Waals surface area (Å²) in [6, 6.07) is 3.29. The lowest BCUT2D eigenvalue weighted by Crippen LogP contribution is -2.37. The van der Waals surface area contributed by atoms with Crippen LogP contribution in [0.2, 0.25) is 0 Å². The number of likely N-dealkylation sites (N-methyl/N-ethyl adjacent to an activating group) is 1. The van der Waals surface area contributed by atoms with Crippen molar-refractivity contribution in [2.45, 2.75) is 70.1 Å². The van der Waals surface area contributed by atoms with Gasteiger partial charge >= 0.3 is 0 Å². The fraction of sp³-hybridized carbons (Fsp3) is 0.722. The number of nitrogens with zero attached hydrogens (tertiary/aromatic N) is 2. The Kier molecular flexibility index (Phi) is 3.82. The van der Waals surface area contributed by atoms with E-state index >= 15 is 0 Å². The van der Waals surface area contributed by atoms with Crippen molar-refractivity contribution < 1.29 is 0 Å². The predicted molar refractivity (Wildman–Crippen MR) is 88.1 cm³/mol. The Morgan fingerprint density at radius 3 is 2.73 bits per heavy atom. The lowest BCUT2D eigenvalue weighted by Gasteiger charge is -2.30. The third-order valence-corrected chi connectivity index (χ3v) is 5.52. The van der Waals surface area contributed by atoms with Crippen molar-refractivity contribution in [3.8, 4) is 0 Å². The normalized spacial score (nSPS) is 23.0. The first kappa shape index (κ1) is 14.5. The molecule has 1 N–H and O–H groups in total. The molecule has 22 heavy (non-hydrogen) atoms. The Morgan fingerprint density at radius 2 is 2.00 bits per heavy atom. The van der Waals surface area contributed by atoms with Crippen LogP contribution in [0.25, 0.3) is 0 Å². The van der Waals surface area contributed by atoms with Crippen molar-refractivity contribution in [3.63, 3.8) is 0 Å². The summed E-state index contributed by atoms with van der Waals surface area (Å²) in [5.41, 5.74) is 3.97. The Morgan fingerprint density at radius 1 is 1.23 bits per heavy atom. The molecule has 4 heteroatoms. The predicted octanol–water partition coefficient (Wildman–Crippen LogP) is 2.20. The van der Waals surface area contributed by atoms with E-state index in [1.807, 2.05) is 0 Å². The van der Waals surface area contributed by atoms with Crippen LogP contribution in [0.15, 0.2) is 10.9 Å². The van der Waals surface area contributed by atoms with Gasteiger partial charge in [-0.3, -0.25) is 4.79 Å². The second kappa shape index (κ2) is 5.82. The SMILES string of the molecule is CN1CCc2c(cc(CNC3CC3)c(=O)n2C2CCCC2)C1. The van der Waals surface area contributed by atoms with E-state index in [0.29, 0.717) is 12.1 Å². The lowest BCUT2D eigenvalue weighted by atomic mass is 10.0. The first-order valence-corrected chi connectivity index (χ1v) is 8.90. The maximum Gasteiger partial charge on any atom is 0.255 e. The van der Waals surface area contributed by atoms with Gasteiger partial charge in [-0.1, -0.05) is 12.8 Å². The number of pyridine rings is 1. The number of fused-ring (bicyclic) bond motifs is 1. The maximum atomic E-state index is 13.1. The molecule has 0 spiro atoms. The summed E-state index contributed by atoms with van der Waals surface area (Å²) >= 11 is 0. The molecular formula is C18H27N3O. The van der Waals surface area contributed by atoms with Crippen LogP contribution >= 0.6 is 0 Å². The molecule has 1 aromatic rings. The van der Waals surface area contributed by atoms with Crippen LogP contribution in [0.4, 0.5) is 0 Å². The number of hydrogen-bond acceptors (Lipinski definition) is 3. The van der Waals surface area contributed by atoms with E-state index < -0.39 is 0 Å². The van der Waals surface area contributed by atoms with Crippen molar-refractivity contribution in [2.75, 3.05) is 13.6 Å². The molecule has 0 radical (unpaired) electrons. The number of nitrogens with one attached hydrogen (secondary N) is 1. The Balaban J connectivity index is 1.73. The van der Waals surface area contributed by atoms with Gasteiger partial charge in [0.25, 0.3) is 5.56 Å². The van der Waals surface area contributed by atoms with Gasteiger partial charge in [0.2, 0.25) is 0 Å². The van der Waals surface area contributed by atoms with Crippen molar-refractivity contribution in [1.82, 2.24) is 14.8 Å². The molecule has 120 valence electrons. The standard InChI is InChI=1S/C18H27N3O/c1-20-9-8-17-14(12-20)10-13(11-19-15-6-7-15)18(22)21(17)16-4-2-3-5-16/h10,15-16,19H,2-9,11-12H2,1H3. The van der Waals surface area contributed by atoms with Crippen LogP contribution < -0.4 is 10.9 Å². The van der Waals surface area contributed by atoms with Gasteiger partial charge < -0.3 is 14.8 Å². The molecule has 4 nitrogen and oxygen atoms in total. The fourth-order valence-electron chi connectivity index (χ4n) is 4.09. The summed E-state index contributed by atoms with van der Waals surface area (Å²) in [6.07, 6.45) is 8.47. The molecule has 1 aromatic heterocycles. The molecular weight excluding hydrogens is 274 g/mol. The van der Waals surface area contributed by atoms with Crippen molar-refractivity contribution >= 4 is 0 Å². The maximum absolute atomic E-state index is 13.1. The third-order valence-electron chi connectivity index (χ3n) is 5.52. The molecule has 2 aliphatic carbocycles. The van der Waals surface area contributed by atoms with E-state index in [-0.39, 0.29) is 5.56 Å². The van der Waals surface area contributed by atoms with Crippen LogP contribution in [0.1, 0.15) is 61.4 Å². The molecule has 1 aliphatic heterocycles. The van der Waals surface area contributed by atoms with Crippen LogP contribution in [-0.2, 0) is 19.5 Å². The summed E-state index contributed by atoms with van der Waals surface area (Å²) in [5, 5.41) is 3.52. The molecule has 0 amide bonds. The smallest absolute Gasteiger partial charge is 0.255 e. The highest BCUT2D eigenvalue weighted by Gasteiger charge is 2.27. The van der Waals surface area contributed by atoms with Gasteiger partial charge in [0.15, 0.2) is 0 Å². The van der Waals surface area contributed by atoms with Crippen molar-refractivity contribution in [1.29, 1.82) is 0 Å². The van der Waals surface area contributed by atoms with E-state index in [4.69, 9.17) is 0 Å². The Bertz CT molecular complexity index is 611. The summed E-state index contributed by atoms with van der Waals surface area (Å²) in [4.78, 5) is 15.4. The molecule has 0 saturated heterocycles. The summed E-state index contributed by atoms with van der Waals surface area (Å²) in [5.74, 6) is 0. The minimum atomic E-state index is 0.281. The topological polar surface area (TPSA) is 37.3 Å². The Labute approximate surface area is 132 Å². The molecule has 0 bridgehead atoms. The van der Waals surface area contributed by atoms with Crippen LogP contribution in [-0.4, -0.2) is 29.1 Å². The monoisotopic (exact) mass is 301 g/mol. The van der Waals surface area contributed by atoms with Gasteiger partial charge in [0.05, 0.1) is 0 Å². The van der Waals surface area contributed by atoms with Gasteiger partial charge in [-0.05, 0) is 44.4 Å². The van der Waals surface area contributed by atoms with Gasteiger partial charge in [-0.15, -0.1) is 0 Å².